The molecule has 3 aliphatic rings. The molecule has 0 spiro atoms. The number of nitrogens with zero attached hydrogens (tertiary/aromatic N) is 6. The maximum Gasteiger partial charge on any atom is 0.328 e. The Morgan fingerprint density at radius 3 is 2.12 bits per heavy atom. The van der Waals surface area contributed by atoms with E-state index in [-0.39, 0.29) is 11.9 Å². The maximum absolute atomic E-state index is 13.2. The van der Waals surface area contributed by atoms with Gasteiger partial charge in [0.2, 0.25) is 11.9 Å². The lowest BCUT2D eigenvalue weighted by atomic mass is 10.2. The maximum atomic E-state index is 13.2. The molecular weight excluding hydrogens is 564 g/mol. The molecule has 1 amide bonds. The van der Waals surface area contributed by atoms with E-state index >= 15 is 0 Å². The summed E-state index contributed by atoms with van der Waals surface area (Å²) in [7, 11) is 1.56. The number of carbonyl (C=O) groups excluding carboxylic acids is 1. The zero-order valence-corrected chi connectivity index (χ0v) is 24.0. The molecule has 3 aliphatic heterocycles. The summed E-state index contributed by atoms with van der Waals surface area (Å²) >= 11 is 6.76. The van der Waals surface area contributed by atoms with Crippen molar-refractivity contribution in [3.05, 3.63) is 59.0 Å². The molecule has 3 saturated heterocycles. The fraction of sp³-hybridized carbons (Fsp3) is 0.321. The van der Waals surface area contributed by atoms with Crippen molar-refractivity contribution in [2.24, 2.45) is 0 Å². The molecule has 3 fully saturated rings. The van der Waals surface area contributed by atoms with Crippen LogP contribution in [0, 0.1) is 0 Å². The number of carbonyl (C=O) groups is 1. The minimum atomic E-state index is -0.165. The van der Waals surface area contributed by atoms with E-state index in [1.165, 1.54) is 11.8 Å². The van der Waals surface area contributed by atoms with Crippen LogP contribution < -0.4 is 24.2 Å². The number of ether oxygens (including phenoxy) is 4. The molecule has 0 radical (unpaired) electrons. The number of benzene rings is 2. The molecule has 6 rings (SSSR count). The summed E-state index contributed by atoms with van der Waals surface area (Å²) < 4.78 is 23.3. The zero-order chi connectivity index (χ0) is 28.2. The average molecular weight is 593 g/mol. The molecule has 0 atom stereocenters. The Morgan fingerprint density at radius 2 is 1.51 bits per heavy atom. The Morgan fingerprint density at radius 1 is 0.878 bits per heavy atom. The normalized spacial score (nSPS) is 18.8. The fourth-order valence-electron chi connectivity index (χ4n) is 4.57. The Hall–Kier alpha value is -3.78. The summed E-state index contributed by atoms with van der Waals surface area (Å²) in [5.74, 6) is 1.82. The molecule has 41 heavy (non-hydrogen) atoms. The lowest BCUT2D eigenvalue weighted by Gasteiger charge is -2.30. The SMILES string of the molecule is COc1cc(/C=C2\SC(=S)N(c3ccccc3)C2=O)ccc1Oc1nc(N2CCOCC2)nc(N2CCOCC2)n1. The molecule has 11 nitrogen and oxygen atoms in total. The van der Waals surface area contributed by atoms with Crippen molar-refractivity contribution in [2.45, 2.75) is 0 Å². The van der Waals surface area contributed by atoms with Crippen LogP contribution in [0.5, 0.6) is 17.5 Å². The first-order chi connectivity index (χ1) is 20.1. The van der Waals surface area contributed by atoms with Crippen molar-refractivity contribution in [1.29, 1.82) is 0 Å². The Bertz CT molecular complexity index is 1430. The van der Waals surface area contributed by atoms with Gasteiger partial charge in [-0.2, -0.15) is 15.0 Å². The van der Waals surface area contributed by atoms with E-state index in [0.717, 1.165) is 11.3 Å². The van der Waals surface area contributed by atoms with E-state index in [1.54, 1.807) is 30.2 Å². The van der Waals surface area contributed by atoms with Crippen LogP contribution in [-0.2, 0) is 14.3 Å². The van der Waals surface area contributed by atoms with Crippen LogP contribution in [0.1, 0.15) is 5.56 Å². The summed E-state index contributed by atoms with van der Waals surface area (Å²) in [5.41, 5.74) is 1.51. The van der Waals surface area contributed by atoms with E-state index < -0.39 is 0 Å². The fourth-order valence-corrected chi connectivity index (χ4v) is 5.87. The first-order valence-corrected chi connectivity index (χ1v) is 14.4. The third kappa shape index (κ3) is 6.12. The first-order valence-electron chi connectivity index (χ1n) is 13.2. The molecule has 0 N–H and O–H groups in total. The summed E-state index contributed by atoms with van der Waals surface area (Å²) in [6.45, 7) is 5.15. The van der Waals surface area contributed by atoms with Gasteiger partial charge < -0.3 is 28.7 Å². The van der Waals surface area contributed by atoms with Crippen molar-refractivity contribution in [1.82, 2.24) is 15.0 Å². The highest BCUT2D eigenvalue weighted by atomic mass is 32.2. The minimum absolute atomic E-state index is 0.165. The Balaban J connectivity index is 1.26. The van der Waals surface area contributed by atoms with Gasteiger partial charge in [0.1, 0.15) is 0 Å². The van der Waals surface area contributed by atoms with Crippen LogP contribution in [0.25, 0.3) is 6.08 Å². The lowest BCUT2D eigenvalue weighted by Crippen LogP contribution is -2.40. The second kappa shape index (κ2) is 12.4. The number of amides is 1. The third-order valence-electron chi connectivity index (χ3n) is 6.67. The van der Waals surface area contributed by atoms with Gasteiger partial charge in [-0.05, 0) is 35.9 Å². The molecule has 0 aliphatic carbocycles. The molecule has 0 saturated carbocycles. The van der Waals surface area contributed by atoms with Crippen LogP contribution in [0.15, 0.2) is 53.4 Å². The van der Waals surface area contributed by atoms with Gasteiger partial charge in [0.25, 0.3) is 5.91 Å². The predicted molar refractivity (Wildman–Crippen MR) is 161 cm³/mol. The molecule has 2 aromatic carbocycles. The van der Waals surface area contributed by atoms with E-state index in [1.807, 2.05) is 36.4 Å². The van der Waals surface area contributed by atoms with Gasteiger partial charge in [-0.15, -0.1) is 0 Å². The number of morpholine rings is 2. The van der Waals surface area contributed by atoms with E-state index in [0.29, 0.717) is 85.2 Å². The number of thioether (sulfide) groups is 1. The Kier molecular flexibility index (Phi) is 8.28. The molecule has 0 bridgehead atoms. The quantitative estimate of drug-likeness (QED) is 0.295. The number of hydrogen-bond donors (Lipinski definition) is 0. The van der Waals surface area contributed by atoms with E-state index in [2.05, 4.69) is 19.8 Å². The predicted octanol–water partition coefficient (Wildman–Crippen LogP) is 3.75. The molecule has 1 aromatic heterocycles. The van der Waals surface area contributed by atoms with Crippen LogP contribution >= 0.6 is 24.0 Å². The van der Waals surface area contributed by atoms with Gasteiger partial charge in [-0.25, -0.2) is 0 Å². The number of anilines is 3. The topological polar surface area (TPSA) is 102 Å². The minimum Gasteiger partial charge on any atom is -0.493 e. The molecule has 0 unspecified atom stereocenters. The molecular formula is C28H28N6O5S2. The monoisotopic (exact) mass is 592 g/mol. The van der Waals surface area contributed by atoms with Crippen molar-refractivity contribution in [2.75, 3.05) is 74.4 Å². The van der Waals surface area contributed by atoms with Gasteiger partial charge in [-0.3, -0.25) is 9.69 Å². The van der Waals surface area contributed by atoms with Crippen molar-refractivity contribution >= 4 is 57.9 Å². The zero-order valence-electron chi connectivity index (χ0n) is 22.4. The van der Waals surface area contributed by atoms with Crippen molar-refractivity contribution in [3.8, 4) is 17.5 Å². The second-order valence-corrected chi connectivity index (χ2v) is 11.0. The van der Waals surface area contributed by atoms with Gasteiger partial charge in [0.05, 0.1) is 44.1 Å². The molecule has 13 heteroatoms. The summed E-state index contributed by atoms with van der Waals surface area (Å²) in [4.78, 5) is 33.3. The average Bonchev–Trinajstić information content (AvgIpc) is 3.30. The standard InChI is InChI=1S/C28H28N6O5S2/c1-36-22-17-19(18-23-24(35)34(28(40)41-23)20-5-3-2-4-6-20)7-8-21(22)39-27-30-25(32-9-13-37-14-10-32)29-26(31-27)33-11-15-38-16-12-33/h2-8,17-18H,9-16H2,1H3/b23-18-. The largest absolute Gasteiger partial charge is 0.493 e. The number of para-hydroxylation sites is 1. The lowest BCUT2D eigenvalue weighted by molar-refractivity contribution is -0.113. The highest BCUT2D eigenvalue weighted by Crippen LogP contribution is 2.38. The second-order valence-electron chi connectivity index (χ2n) is 9.28. The number of aromatic nitrogens is 3. The highest BCUT2D eigenvalue weighted by Gasteiger charge is 2.33. The van der Waals surface area contributed by atoms with Gasteiger partial charge in [0, 0.05) is 26.2 Å². The summed E-state index contributed by atoms with van der Waals surface area (Å²) in [5, 5.41) is 0. The third-order valence-corrected chi connectivity index (χ3v) is 7.98. The smallest absolute Gasteiger partial charge is 0.328 e. The summed E-state index contributed by atoms with van der Waals surface area (Å²) in [6.07, 6.45) is 1.80. The van der Waals surface area contributed by atoms with Crippen molar-refractivity contribution < 1.29 is 23.7 Å². The number of methoxy groups -OCH3 is 1. The van der Waals surface area contributed by atoms with Crippen LogP contribution in [0.2, 0.25) is 0 Å². The number of rotatable bonds is 7. The van der Waals surface area contributed by atoms with Gasteiger partial charge >= 0.3 is 6.01 Å². The van der Waals surface area contributed by atoms with E-state index in [9.17, 15) is 4.79 Å². The van der Waals surface area contributed by atoms with Crippen LogP contribution in [0.3, 0.4) is 0 Å². The molecule has 4 heterocycles. The highest BCUT2D eigenvalue weighted by molar-refractivity contribution is 8.27. The Labute approximate surface area is 247 Å². The number of hydrogen-bond acceptors (Lipinski definition) is 12. The van der Waals surface area contributed by atoms with Crippen LogP contribution in [0.4, 0.5) is 17.6 Å². The van der Waals surface area contributed by atoms with Crippen molar-refractivity contribution in [3.63, 3.8) is 0 Å². The van der Waals surface area contributed by atoms with Crippen LogP contribution in [-0.4, -0.2) is 84.9 Å². The first kappa shape index (κ1) is 27.4. The van der Waals surface area contributed by atoms with Gasteiger partial charge in [0.15, 0.2) is 15.8 Å². The molecule has 212 valence electrons. The molecule has 3 aromatic rings. The number of thiocarbonyl (C=S) groups is 1. The van der Waals surface area contributed by atoms with Gasteiger partial charge in [-0.1, -0.05) is 48.2 Å². The summed E-state index contributed by atoms with van der Waals surface area (Å²) in [6, 6.07) is 15.0. The van der Waals surface area contributed by atoms with E-state index in [4.69, 9.17) is 36.1 Å².